The van der Waals surface area contributed by atoms with Gasteiger partial charge in [-0.05, 0) is 58.4 Å². The minimum Gasteiger partial charge on any atom is -0.507 e. The summed E-state index contributed by atoms with van der Waals surface area (Å²) in [6.07, 6.45) is 5.36. The highest BCUT2D eigenvalue weighted by atomic mass is 28.4. The minimum atomic E-state index is -4.09. The van der Waals surface area contributed by atoms with Gasteiger partial charge in [0.05, 0.1) is 0 Å². The van der Waals surface area contributed by atoms with Gasteiger partial charge < -0.3 is 24.6 Å². The van der Waals surface area contributed by atoms with Gasteiger partial charge in [0.2, 0.25) is 0 Å². The third-order valence-electron chi connectivity index (χ3n) is 7.30. The highest BCUT2D eigenvalue weighted by Crippen LogP contribution is 2.37. The molecule has 0 radical (unpaired) electrons. The van der Waals surface area contributed by atoms with E-state index >= 15 is 0 Å². The number of aliphatic imine (C=N–C) groups is 3. The molecule has 0 aliphatic heterocycles. The number of phenols is 2. The molecule has 8 nitrogen and oxygen atoms in total. The van der Waals surface area contributed by atoms with Crippen molar-refractivity contribution in [1.82, 2.24) is 0 Å². The molecule has 2 atom stereocenters. The zero-order valence-electron chi connectivity index (χ0n) is 25.8. The first-order valence-electron chi connectivity index (χ1n) is 14.9. The number of benzene rings is 4. The van der Waals surface area contributed by atoms with E-state index in [0.29, 0.717) is 24.1 Å². The minimum absolute atomic E-state index is 0.0430. The van der Waals surface area contributed by atoms with Crippen LogP contribution in [0, 0.1) is 0 Å². The molecule has 4 aromatic carbocycles. The summed E-state index contributed by atoms with van der Waals surface area (Å²) in [6, 6.07) is 29.4. The van der Waals surface area contributed by atoms with Crippen LogP contribution < -0.4 is 0 Å². The van der Waals surface area contributed by atoms with Crippen molar-refractivity contribution in [3.8, 4) is 11.5 Å². The van der Waals surface area contributed by atoms with Crippen LogP contribution in [0.2, 0.25) is 6.04 Å². The van der Waals surface area contributed by atoms with Gasteiger partial charge in [0.1, 0.15) is 23.6 Å². The normalized spacial score (nSPS) is 14.0. The SMILES string of the molecule is CC(C)(C)c1cc(C=N[C@H](c2ccccc2)[C@@H](N=Cc2ccccc2O)c2ccccc2)c(O)cc1C=NCCC[Si](O)(O)O. The van der Waals surface area contributed by atoms with Crippen LogP contribution in [0.3, 0.4) is 0 Å². The third kappa shape index (κ3) is 9.79. The van der Waals surface area contributed by atoms with E-state index in [4.69, 9.17) is 9.98 Å². The number of hydrogen-bond acceptors (Lipinski definition) is 8. The maximum atomic E-state index is 11.1. The monoisotopic (exact) mass is 623 g/mol. The molecule has 4 rings (SSSR count). The largest absolute Gasteiger partial charge is 0.507 e. The molecule has 9 heteroatoms. The lowest BCUT2D eigenvalue weighted by Crippen LogP contribution is -2.34. The maximum absolute atomic E-state index is 11.1. The molecule has 0 amide bonds. The van der Waals surface area contributed by atoms with E-state index in [9.17, 15) is 24.6 Å². The molecule has 0 saturated carbocycles. The lowest BCUT2D eigenvalue weighted by molar-refractivity contribution is 0.227. The molecule has 0 aliphatic carbocycles. The molecule has 0 unspecified atom stereocenters. The molecule has 0 aromatic heterocycles. The van der Waals surface area contributed by atoms with Crippen LogP contribution >= 0.6 is 0 Å². The molecule has 5 N–H and O–H groups in total. The Kier molecular flexibility index (Phi) is 11.2. The zero-order chi connectivity index (χ0) is 32.5. The number of nitrogens with zero attached hydrogens (tertiary/aromatic N) is 3. The van der Waals surface area contributed by atoms with Crippen molar-refractivity contribution in [1.29, 1.82) is 0 Å². The molecule has 234 valence electrons. The summed E-state index contributed by atoms with van der Waals surface area (Å²) in [5.74, 6) is 0.183. The van der Waals surface area contributed by atoms with E-state index in [1.54, 1.807) is 42.9 Å². The van der Waals surface area contributed by atoms with Gasteiger partial charge in [0.25, 0.3) is 0 Å². The van der Waals surface area contributed by atoms with E-state index in [1.165, 1.54) is 0 Å². The standard InChI is InChI=1S/C36H41N3O5Si/c1-36(2,3)31-21-30(33(41)22-29(31)23-37-19-12-20-45(42,43)44)25-39-35(27-15-8-5-9-16-27)34(26-13-6-4-7-14-26)38-24-28-17-10-11-18-32(28)40/h4-11,13-18,21-25,34-35,40-44H,12,19-20H2,1-3H3/t34-,35+/m0/s1. The van der Waals surface area contributed by atoms with Gasteiger partial charge in [-0.25, -0.2) is 0 Å². The second-order valence-corrected chi connectivity index (χ2v) is 14.0. The fourth-order valence-electron chi connectivity index (χ4n) is 4.97. The van der Waals surface area contributed by atoms with Crippen LogP contribution in [-0.4, -0.2) is 58.6 Å². The Balaban J connectivity index is 1.74. The van der Waals surface area contributed by atoms with Crippen LogP contribution in [0.15, 0.2) is 112 Å². The first kappa shape index (κ1) is 33.5. The average molecular weight is 624 g/mol. The second-order valence-electron chi connectivity index (χ2n) is 12.0. The topological polar surface area (TPSA) is 138 Å². The van der Waals surface area contributed by atoms with Crippen molar-refractivity contribution < 1.29 is 24.6 Å². The lowest BCUT2D eigenvalue weighted by atomic mass is 9.83. The Labute approximate surface area is 265 Å². The predicted octanol–water partition coefficient (Wildman–Crippen LogP) is 6.14. The molecule has 0 bridgehead atoms. The molecule has 0 fully saturated rings. The first-order chi connectivity index (χ1) is 21.4. The van der Waals surface area contributed by atoms with Gasteiger partial charge in [-0.1, -0.05) is 93.6 Å². The van der Waals surface area contributed by atoms with E-state index in [0.717, 1.165) is 22.3 Å². The van der Waals surface area contributed by atoms with E-state index in [1.807, 2.05) is 72.8 Å². The van der Waals surface area contributed by atoms with Gasteiger partial charge >= 0.3 is 8.80 Å². The Morgan fingerprint density at radius 3 is 1.71 bits per heavy atom. The second kappa shape index (κ2) is 15.0. The summed E-state index contributed by atoms with van der Waals surface area (Å²) in [6.45, 7) is 6.54. The van der Waals surface area contributed by atoms with E-state index in [2.05, 4.69) is 25.8 Å². The van der Waals surface area contributed by atoms with Crippen LogP contribution in [0.25, 0.3) is 0 Å². The van der Waals surface area contributed by atoms with E-state index < -0.39 is 20.9 Å². The number of para-hydroxylation sites is 1. The number of aromatic hydroxyl groups is 2. The highest BCUT2D eigenvalue weighted by Gasteiger charge is 2.26. The third-order valence-corrected chi connectivity index (χ3v) is 8.33. The van der Waals surface area contributed by atoms with Crippen LogP contribution in [-0.2, 0) is 5.41 Å². The quantitative estimate of drug-likeness (QED) is 0.0733. The van der Waals surface area contributed by atoms with Crippen molar-refractivity contribution in [3.63, 3.8) is 0 Å². The molecule has 0 aliphatic rings. The van der Waals surface area contributed by atoms with Crippen molar-refractivity contribution in [3.05, 3.63) is 130 Å². The number of phenolic OH excluding ortho intramolecular Hbond substituents is 2. The fourth-order valence-corrected chi connectivity index (χ4v) is 5.60. The van der Waals surface area contributed by atoms with Crippen molar-refractivity contribution in [2.45, 2.75) is 50.7 Å². The molecule has 0 saturated heterocycles. The van der Waals surface area contributed by atoms with Crippen molar-refractivity contribution in [2.75, 3.05) is 6.54 Å². The molecule has 0 spiro atoms. The van der Waals surface area contributed by atoms with Gasteiger partial charge in [0.15, 0.2) is 0 Å². The lowest BCUT2D eigenvalue weighted by Gasteiger charge is -2.24. The Bertz CT molecular complexity index is 1630. The van der Waals surface area contributed by atoms with Crippen LogP contribution in [0.1, 0.15) is 72.7 Å². The highest BCUT2D eigenvalue weighted by molar-refractivity contribution is 6.56. The van der Waals surface area contributed by atoms with Gasteiger partial charge in [-0.15, -0.1) is 0 Å². The number of rotatable bonds is 12. The molecular formula is C36H41N3O5Si. The van der Waals surface area contributed by atoms with Crippen LogP contribution in [0.4, 0.5) is 0 Å². The predicted molar refractivity (Wildman–Crippen MR) is 183 cm³/mol. The summed E-state index contributed by atoms with van der Waals surface area (Å²) in [4.78, 5) is 42.1. The fraction of sp³-hybridized carbons (Fsp3) is 0.250. The first-order valence-corrected chi connectivity index (χ1v) is 17.0. The summed E-state index contributed by atoms with van der Waals surface area (Å²) in [5, 5.41) is 21.5. The summed E-state index contributed by atoms with van der Waals surface area (Å²) < 4.78 is 0. The van der Waals surface area contributed by atoms with Gasteiger partial charge in [-0.2, -0.15) is 0 Å². The average Bonchev–Trinajstić information content (AvgIpc) is 3.00. The van der Waals surface area contributed by atoms with Crippen LogP contribution in [0.5, 0.6) is 11.5 Å². The molecule has 45 heavy (non-hydrogen) atoms. The van der Waals surface area contributed by atoms with Crippen molar-refractivity contribution in [2.24, 2.45) is 15.0 Å². The Morgan fingerprint density at radius 2 is 1.18 bits per heavy atom. The zero-order valence-corrected chi connectivity index (χ0v) is 26.8. The maximum Gasteiger partial charge on any atom is 0.492 e. The summed E-state index contributed by atoms with van der Waals surface area (Å²) >= 11 is 0. The summed E-state index contributed by atoms with van der Waals surface area (Å²) in [5.41, 5.74) is 4.45. The Hall–Kier alpha value is -4.41. The molecule has 0 heterocycles. The molecular weight excluding hydrogens is 582 g/mol. The summed E-state index contributed by atoms with van der Waals surface area (Å²) in [7, 11) is -4.09. The van der Waals surface area contributed by atoms with Gasteiger partial charge in [0, 0.05) is 42.4 Å². The van der Waals surface area contributed by atoms with Gasteiger partial charge in [-0.3, -0.25) is 15.0 Å². The smallest absolute Gasteiger partial charge is 0.492 e. The Morgan fingerprint density at radius 1 is 0.644 bits per heavy atom. The van der Waals surface area contributed by atoms with Crippen molar-refractivity contribution >= 4 is 27.4 Å². The molecule has 4 aromatic rings. The number of hydrogen-bond donors (Lipinski definition) is 5. The van der Waals surface area contributed by atoms with E-state index in [-0.39, 0.29) is 23.0 Å².